The van der Waals surface area contributed by atoms with Crippen molar-refractivity contribution in [1.29, 1.82) is 0 Å². The average Bonchev–Trinajstić information content (AvgIpc) is 2.81. The average molecular weight is 449 g/mol. The van der Waals surface area contributed by atoms with E-state index < -0.39 is 18.0 Å². The van der Waals surface area contributed by atoms with E-state index in [1.54, 1.807) is 47.0 Å². The number of fused-ring (bicyclic) bond motifs is 2. The van der Waals surface area contributed by atoms with Crippen LogP contribution in [0.15, 0.2) is 77.6 Å². The number of benzene rings is 3. The van der Waals surface area contributed by atoms with Gasteiger partial charge in [-0.05, 0) is 42.8 Å². The Labute approximate surface area is 189 Å². The van der Waals surface area contributed by atoms with E-state index in [2.05, 4.69) is 5.32 Å². The molecule has 3 aromatic carbocycles. The number of halogens is 1. The fraction of sp³-hybridized carbons (Fsp3) is 0.160. The lowest BCUT2D eigenvalue weighted by molar-refractivity contribution is -0.155. The minimum Gasteiger partial charge on any atom is -0.451 e. The third-order valence-electron chi connectivity index (χ3n) is 5.25. The zero-order valence-corrected chi connectivity index (χ0v) is 18.1. The van der Waals surface area contributed by atoms with Crippen LogP contribution in [-0.2, 0) is 27.4 Å². The molecule has 32 heavy (non-hydrogen) atoms. The summed E-state index contributed by atoms with van der Waals surface area (Å²) in [5.41, 5.74) is 1.94. The molecule has 0 bridgehead atoms. The number of carbonyl (C=O) groups is 2. The topological polar surface area (TPSA) is 77.4 Å². The number of carbonyl (C=O) groups excluding carboxylic acids is 2. The zero-order valence-electron chi connectivity index (χ0n) is 17.4. The molecule has 0 aliphatic heterocycles. The summed E-state index contributed by atoms with van der Waals surface area (Å²) in [5.74, 6) is -1.00. The second kappa shape index (κ2) is 9.24. The quantitative estimate of drug-likeness (QED) is 0.356. The molecule has 6 nitrogen and oxygen atoms in total. The molecule has 1 N–H and O–H groups in total. The number of ether oxygens (including phenoxy) is 1. The summed E-state index contributed by atoms with van der Waals surface area (Å²) >= 11 is 6.11. The van der Waals surface area contributed by atoms with Crippen molar-refractivity contribution in [1.82, 2.24) is 9.88 Å². The maximum atomic E-state index is 12.8. The molecule has 1 unspecified atom stereocenters. The van der Waals surface area contributed by atoms with Gasteiger partial charge in [0.05, 0.1) is 11.0 Å². The Morgan fingerprint density at radius 2 is 1.50 bits per heavy atom. The molecular weight excluding hydrogens is 428 g/mol. The van der Waals surface area contributed by atoms with Crippen LogP contribution in [0, 0.1) is 0 Å². The number of pyridine rings is 1. The second-order valence-corrected chi connectivity index (χ2v) is 7.80. The normalized spacial score (nSPS) is 11.9. The van der Waals surface area contributed by atoms with E-state index in [4.69, 9.17) is 16.3 Å². The number of nitrogens with zero attached hydrogens (tertiary/aromatic N) is 1. The number of nitrogens with one attached hydrogen (secondary N) is 1. The van der Waals surface area contributed by atoms with Crippen LogP contribution in [0.3, 0.4) is 0 Å². The van der Waals surface area contributed by atoms with Gasteiger partial charge in [0.2, 0.25) is 0 Å². The predicted octanol–water partition coefficient (Wildman–Crippen LogP) is 4.06. The zero-order chi connectivity index (χ0) is 22.7. The van der Waals surface area contributed by atoms with Gasteiger partial charge in [0.15, 0.2) is 11.5 Å². The van der Waals surface area contributed by atoms with Crippen molar-refractivity contribution in [2.45, 2.75) is 26.1 Å². The van der Waals surface area contributed by atoms with Gasteiger partial charge in [0.1, 0.15) is 6.54 Å². The Balaban J connectivity index is 1.51. The molecule has 0 saturated carbocycles. The van der Waals surface area contributed by atoms with Gasteiger partial charge in [-0.1, -0.05) is 54.1 Å². The molecular formula is C25H21ClN2O4. The van der Waals surface area contributed by atoms with E-state index in [-0.39, 0.29) is 18.5 Å². The summed E-state index contributed by atoms with van der Waals surface area (Å²) in [5, 5.41) is 4.31. The van der Waals surface area contributed by atoms with Gasteiger partial charge in [0.25, 0.3) is 5.91 Å². The number of rotatable bonds is 6. The van der Waals surface area contributed by atoms with Crippen molar-refractivity contribution in [2.75, 3.05) is 0 Å². The van der Waals surface area contributed by atoms with Crippen LogP contribution < -0.4 is 10.7 Å². The molecule has 0 saturated heterocycles. The van der Waals surface area contributed by atoms with E-state index in [0.29, 0.717) is 26.8 Å². The molecule has 1 heterocycles. The van der Waals surface area contributed by atoms with Crippen molar-refractivity contribution in [3.63, 3.8) is 0 Å². The summed E-state index contributed by atoms with van der Waals surface area (Å²) < 4.78 is 7.12. The lowest BCUT2D eigenvalue weighted by Gasteiger charge is -2.17. The minimum atomic E-state index is -0.984. The highest BCUT2D eigenvalue weighted by Gasteiger charge is 2.19. The minimum absolute atomic E-state index is 0.0897. The van der Waals surface area contributed by atoms with Gasteiger partial charge in [-0.2, -0.15) is 0 Å². The molecule has 1 aromatic heterocycles. The van der Waals surface area contributed by atoms with Crippen molar-refractivity contribution in [3.8, 4) is 0 Å². The summed E-state index contributed by atoms with van der Waals surface area (Å²) in [6, 6.07) is 21.4. The summed E-state index contributed by atoms with van der Waals surface area (Å²) in [6.07, 6.45) is -0.984. The van der Waals surface area contributed by atoms with Gasteiger partial charge in [-0.3, -0.25) is 14.4 Å². The molecule has 1 amide bonds. The van der Waals surface area contributed by atoms with Crippen LogP contribution in [0.1, 0.15) is 12.5 Å². The Kier molecular flexibility index (Phi) is 6.23. The second-order valence-electron chi connectivity index (χ2n) is 7.39. The van der Waals surface area contributed by atoms with Crippen LogP contribution >= 0.6 is 11.6 Å². The SMILES string of the molecule is CC(OC(=O)Cn1c2ccccc2c(=O)c2ccccc21)C(=O)NCc1ccccc1Cl. The highest BCUT2D eigenvalue weighted by Crippen LogP contribution is 2.19. The van der Waals surface area contributed by atoms with Gasteiger partial charge in [-0.15, -0.1) is 0 Å². The first-order valence-corrected chi connectivity index (χ1v) is 10.5. The first-order valence-electron chi connectivity index (χ1n) is 10.2. The number of amides is 1. The summed E-state index contributed by atoms with van der Waals surface area (Å²) in [4.78, 5) is 37.9. The Hall–Kier alpha value is -3.64. The molecule has 4 aromatic rings. The van der Waals surface area contributed by atoms with Gasteiger partial charge >= 0.3 is 5.97 Å². The number of para-hydroxylation sites is 2. The predicted molar refractivity (Wildman–Crippen MR) is 125 cm³/mol. The fourth-order valence-corrected chi connectivity index (χ4v) is 3.83. The van der Waals surface area contributed by atoms with Crippen molar-refractivity contribution in [3.05, 3.63) is 93.6 Å². The van der Waals surface area contributed by atoms with Crippen LogP contribution in [0.2, 0.25) is 5.02 Å². The third-order valence-corrected chi connectivity index (χ3v) is 5.62. The third kappa shape index (κ3) is 4.36. The summed E-state index contributed by atoms with van der Waals surface area (Å²) in [6.45, 7) is 1.61. The van der Waals surface area contributed by atoms with Crippen molar-refractivity contribution >= 4 is 45.3 Å². The number of hydrogen-bond donors (Lipinski definition) is 1. The van der Waals surface area contributed by atoms with E-state index in [1.165, 1.54) is 6.92 Å². The number of aromatic nitrogens is 1. The molecule has 0 fully saturated rings. The molecule has 0 spiro atoms. The number of hydrogen-bond acceptors (Lipinski definition) is 4. The van der Waals surface area contributed by atoms with E-state index in [0.717, 1.165) is 5.56 Å². The molecule has 0 aliphatic rings. The largest absolute Gasteiger partial charge is 0.451 e. The molecule has 162 valence electrons. The highest BCUT2D eigenvalue weighted by atomic mass is 35.5. The molecule has 7 heteroatoms. The van der Waals surface area contributed by atoms with Crippen LogP contribution in [-0.4, -0.2) is 22.5 Å². The maximum absolute atomic E-state index is 12.8. The molecule has 4 rings (SSSR count). The fourth-order valence-electron chi connectivity index (χ4n) is 3.63. The summed E-state index contributed by atoms with van der Waals surface area (Å²) in [7, 11) is 0. The van der Waals surface area contributed by atoms with Gasteiger partial charge in [0, 0.05) is 22.3 Å². The molecule has 0 aliphatic carbocycles. The molecule has 0 radical (unpaired) electrons. The Bertz CT molecular complexity index is 1320. The van der Waals surface area contributed by atoms with E-state index >= 15 is 0 Å². The highest BCUT2D eigenvalue weighted by molar-refractivity contribution is 6.31. The Morgan fingerprint density at radius 1 is 0.938 bits per heavy atom. The Morgan fingerprint density at radius 3 is 2.12 bits per heavy atom. The first-order chi connectivity index (χ1) is 15.5. The van der Waals surface area contributed by atoms with E-state index in [1.807, 2.05) is 30.3 Å². The van der Waals surface area contributed by atoms with Crippen LogP contribution in [0.25, 0.3) is 21.8 Å². The van der Waals surface area contributed by atoms with Gasteiger partial charge in [-0.25, -0.2) is 0 Å². The number of esters is 1. The first kappa shape index (κ1) is 21.6. The van der Waals surface area contributed by atoms with Crippen LogP contribution in [0.4, 0.5) is 0 Å². The van der Waals surface area contributed by atoms with Gasteiger partial charge < -0.3 is 14.6 Å². The molecule has 1 atom stereocenters. The van der Waals surface area contributed by atoms with Crippen molar-refractivity contribution < 1.29 is 14.3 Å². The smallest absolute Gasteiger partial charge is 0.326 e. The van der Waals surface area contributed by atoms with E-state index in [9.17, 15) is 14.4 Å². The standard InChI is InChI=1S/C25H21ClN2O4/c1-16(25(31)27-14-17-8-2-5-11-20(17)26)32-23(29)15-28-21-12-6-3-9-18(21)24(30)19-10-4-7-13-22(19)28/h2-13,16H,14-15H2,1H3,(H,27,31). The lowest BCUT2D eigenvalue weighted by Crippen LogP contribution is -2.36. The lowest BCUT2D eigenvalue weighted by atomic mass is 10.1. The maximum Gasteiger partial charge on any atom is 0.326 e. The van der Waals surface area contributed by atoms with Crippen LogP contribution in [0.5, 0.6) is 0 Å². The van der Waals surface area contributed by atoms with Crippen molar-refractivity contribution in [2.24, 2.45) is 0 Å². The monoisotopic (exact) mass is 448 g/mol.